The minimum Gasteiger partial charge on any atom is -0.748 e. The Morgan fingerprint density at radius 2 is 1.89 bits per heavy atom. The fourth-order valence-electron chi connectivity index (χ4n) is 2.91. The second-order valence-corrected chi connectivity index (χ2v) is 9.77. The van der Waals surface area contributed by atoms with E-state index in [1.165, 1.54) is 11.8 Å². The Bertz CT molecular complexity index is 926. The lowest BCUT2D eigenvalue weighted by Crippen LogP contribution is -2.48. The maximum Gasteiger partial charge on any atom is 0.286 e. The first-order valence-electron chi connectivity index (χ1n) is 8.60. The van der Waals surface area contributed by atoms with Gasteiger partial charge in [-0.05, 0) is 48.5 Å². The number of carbonyl (C=O) groups excluding carboxylic acids is 1. The molecule has 1 aromatic rings. The highest BCUT2D eigenvalue weighted by Gasteiger charge is 2.28. The Balaban J connectivity index is 1.53. The average Bonchev–Trinajstić information content (AvgIpc) is 2.98. The van der Waals surface area contributed by atoms with Gasteiger partial charge in [0.15, 0.2) is 5.17 Å². The van der Waals surface area contributed by atoms with Crippen LogP contribution in [0.2, 0.25) is 10.0 Å². The lowest BCUT2D eigenvalue weighted by molar-refractivity contribution is -0.113. The standard InChI is InChI=1S/C17H19Cl2N3O4S2/c18-13-3-2-12(10-14(13)19)11-15-16(23)20-17(27-15)22-7-5-21(6-8-22)4-1-9-28(24,25)26/h2-3,10-11H,1,4-9H2,(H,24,25,26)/p-1/b15-11-. The van der Waals surface area contributed by atoms with Gasteiger partial charge in [-0.2, -0.15) is 4.99 Å². The highest BCUT2D eigenvalue weighted by molar-refractivity contribution is 8.18. The monoisotopic (exact) mass is 462 g/mol. The number of aliphatic imine (C=N–C) groups is 1. The summed E-state index contributed by atoms with van der Waals surface area (Å²) in [5.41, 5.74) is 0.778. The maximum absolute atomic E-state index is 12.2. The minimum atomic E-state index is -4.16. The third kappa shape index (κ3) is 5.95. The van der Waals surface area contributed by atoms with Gasteiger partial charge in [-0.1, -0.05) is 29.3 Å². The molecule has 0 spiro atoms. The Morgan fingerprint density at radius 1 is 1.18 bits per heavy atom. The normalized spacial score (nSPS) is 20.1. The molecule has 0 radical (unpaired) electrons. The summed E-state index contributed by atoms with van der Waals surface area (Å²) in [5, 5.41) is 1.54. The number of benzene rings is 1. The van der Waals surface area contributed by atoms with E-state index in [-0.39, 0.29) is 11.7 Å². The molecule has 152 valence electrons. The molecular weight excluding hydrogens is 445 g/mol. The lowest BCUT2D eigenvalue weighted by atomic mass is 10.2. The third-order valence-corrected chi connectivity index (χ3v) is 6.93. The molecule has 0 aliphatic carbocycles. The summed E-state index contributed by atoms with van der Waals surface area (Å²) >= 11 is 13.3. The fourth-order valence-corrected chi connectivity index (χ4v) is 4.67. The molecule has 0 N–H and O–H groups in total. The summed E-state index contributed by atoms with van der Waals surface area (Å²) in [5.74, 6) is -0.623. The lowest BCUT2D eigenvalue weighted by Gasteiger charge is -2.35. The van der Waals surface area contributed by atoms with Crippen molar-refractivity contribution >= 4 is 62.2 Å². The molecule has 0 atom stereocenters. The number of hydrogen-bond donors (Lipinski definition) is 0. The number of piperazine rings is 1. The quantitative estimate of drug-likeness (QED) is 0.489. The summed E-state index contributed by atoms with van der Waals surface area (Å²) < 4.78 is 32.0. The predicted octanol–water partition coefficient (Wildman–Crippen LogP) is 2.52. The van der Waals surface area contributed by atoms with Gasteiger partial charge in [-0.25, -0.2) is 8.42 Å². The van der Waals surface area contributed by atoms with E-state index in [0.29, 0.717) is 46.2 Å². The van der Waals surface area contributed by atoms with Crippen molar-refractivity contribution in [1.82, 2.24) is 9.80 Å². The van der Waals surface area contributed by atoms with Crippen molar-refractivity contribution in [2.75, 3.05) is 38.5 Å². The van der Waals surface area contributed by atoms with Crippen LogP contribution in [0.4, 0.5) is 0 Å². The van der Waals surface area contributed by atoms with E-state index in [2.05, 4.69) is 9.89 Å². The second kappa shape index (κ2) is 9.15. The van der Waals surface area contributed by atoms with Crippen LogP contribution in [-0.4, -0.2) is 72.3 Å². The van der Waals surface area contributed by atoms with Gasteiger partial charge < -0.3 is 9.45 Å². The van der Waals surface area contributed by atoms with Crippen molar-refractivity contribution in [3.63, 3.8) is 0 Å². The van der Waals surface area contributed by atoms with Crippen LogP contribution in [0.25, 0.3) is 6.08 Å². The molecule has 3 rings (SSSR count). The summed E-state index contributed by atoms with van der Waals surface area (Å²) in [4.78, 5) is 21.0. The third-order valence-electron chi connectivity index (χ3n) is 4.36. The number of hydrogen-bond acceptors (Lipinski definition) is 7. The number of halogens is 2. The van der Waals surface area contributed by atoms with Crippen LogP contribution in [-0.2, 0) is 14.9 Å². The molecule has 0 saturated carbocycles. The molecule has 1 amide bonds. The van der Waals surface area contributed by atoms with Gasteiger partial charge in [0.2, 0.25) is 0 Å². The van der Waals surface area contributed by atoms with Crippen LogP contribution in [0.3, 0.4) is 0 Å². The SMILES string of the molecule is O=C1N=C(N2CCN(CCCS(=O)(=O)[O-])CC2)S/C1=C\c1ccc(Cl)c(Cl)c1. The molecule has 0 unspecified atom stereocenters. The Kier molecular flexibility index (Phi) is 7.06. The Hall–Kier alpha value is -1.10. The highest BCUT2D eigenvalue weighted by atomic mass is 35.5. The molecule has 11 heteroatoms. The van der Waals surface area contributed by atoms with Crippen molar-refractivity contribution < 1.29 is 17.8 Å². The van der Waals surface area contributed by atoms with Crippen molar-refractivity contribution in [2.24, 2.45) is 4.99 Å². The van der Waals surface area contributed by atoms with E-state index in [4.69, 9.17) is 23.2 Å². The first kappa shape index (κ1) is 21.6. The van der Waals surface area contributed by atoms with Gasteiger partial charge in [0, 0.05) is 31.9 Å². The van der Waals surface area contributed by atoms with Crippen LogP contribution < -0.4 is 0 Å². The molecule has 7 nitrogen and oxygen atoms in total. The molecule has 2 aliphatic rings. The van der Waals surface area contributed by atoms with E-state index < -0.39 is 10.1 Å². The Morgan fingerprint density at radius 3 is 2.54 bits per heavy atom. The van der Waals surface area contributed by atoms with Crippen molar-refractivity contribution in [3.8, 4) is 0 Å². The first-order chi connectivity index (χ1) is 13.2. The number of carbonyl (C=O) groups is 1. The van der Waals surface area contributed by atoms with Crippen LogP contribution in [0.5, 0.6) is 0 Å². The summed E-state index contributed by atoms with van der Waals surface area (Å²) in [6.45, 7) is 3.37. The van der Waals surface area contributed by atoms with Crippen LogP contribution >= 0.6 is 35.0 Å². The summed E-state index contributed by atoms with van der Waals surface area (Å²) in [6, 6.07) is 5.16. The van der Waals surface area contributed by atoms with Gasteiger partial charge in [0.1, 0.15) is 0 Å². The van der Waals surface area contributed by atoms with Crippen molar-refractivity contribution in [2.45, 2.75) is 6.42 Å². The van der Waals surface area contributed by atoms with E-state index >= 15 is 0 Å². The van der Waals surface area contributed by atoms with Crippen LogP contribution in [0.1, 0.15) is 12.0 Å². The molecule has 0 bridgehead atoms. The topological polar surface area (TPSA) is 93.1 Å². The highest BCUT2D eigenvalue weighted by Crippen LogP contribution is 2.32. The van der Waals surface area contributed by atoms with E-state index in [1.54, 1.807) is 24.3 Å². The maximum atomic E-state index is 12.2. The zero-order chi connectivity index (χ0) is 20.3. The number of nitrogens with zero attached hydrogens (tertiary/aromatic N) is 3. The summed E-state index contributed by atoms with van der Waals surface area (Å²) in [7, 11) is -4.16. The molecular formula is C17H18Cl2N3O4S2-. The van der Waals surface area contributed by atoms with E-state index in [0.717, 1.165) is 18.7 Å². The Labute approximate surface area is 178 Å². The zero-order valence-corrected chi connectivity index (χ0v) is 18.0. The smallest absolute Gasteiger partial charge is 0.286 e. The number of amides is 1. The predicted molar refractivity (Wildman–Crippen MR) is 112 cm³/mol. The largest absolute Gasteiger partial charge is 0.748 e. The minimum absolute atomic E-state index is 0.283. The van der Waals surface area contributed by atoms with Gasteiger partial charge in [0.05, 0.1) is 25.1 Å². The van der Waals surface area contributed by atoms with Crippen molar-refractivity contribution in [3.05, 3.63) is 38.7 Å². The number of rotatable bonds is 5. The number of thioether (sulfide) groups is 1. The molecule has 2 aliphatic heterocycles. The molecule has 1 aromatic carbocycles. The van der Waals surface area contributed by atoms with Gasteiger partial charge in [-0.15, -0.1) is 0 Å². The molecule has 1 saturated heterocycles. The zero-order valence-electron chi connectivity index (χ0n) is 14.8. The molecule has 2 heterocycles. The number of amidine groups is 1. The van der Waals surface area contributed by atoms with E-state index in [1.807, 2.05) is 4.90 Å². The second-order valence-electron chi connectivity index (χ2n) is 6.43. The van der Waals surface area contributed by atoms with Crippen LogP contribution in [0, 0.1) is 0 Å². The molecule has 28 heavy (non-hydrogen) atoms. The van der Waals surface area contributed by atoms with Crippen molar-refractivity contribution in [1.29, 1.82) is 0 Å². The molecule has 0 aromatic heterocycles. The van der Waals surface area contributed by atoms with Crippen LogP contribution in [0.15, 0.2) is 28.1 Å². The average molecular weight is 463 g/mol. The van der Waals surface area contributed by atoms with Gasteiger partial charge >= 0.3 is 0 Å². The van der Waals surface area contributed by atoms with Gasteiger partial charge in [0.25, 0.3) is 5.91 Å². The fraction of sp³-hybridized carbons (Fsp3) is 0.412. The first-order valence-corrected chi connectivity index (χ1v) is 11.7. The van der Waals surface area contributed by atoms with E-state index in [9.17, 15) is 17.8 Å². The summed E-state index contributed by atoms with van der Waals surface area (Å²) in [6.07, 6.45) is 2.07. The van der Waals surface area contributed by atoms with Gasteiger partial charge in [-0.3, -0.25) is 9.69 Å². The molecule has 1 fully saturated rings.